The van der Waals surface area contributed by atoms with Crippen molar-refractivity contribution in [2.75, 3.05) is 20.8 Å². The average molecular weight is 272 g/mol. The van der Waals surface area contributed by atoms with E-state index in [1.807, 2.05) is 30.5 Å². The lowest BCUT2D eigenvalue weighted by atomic mass is 10.1. The van der Waals surface area contributed by atoms with E-state index in [0.29, 0.717) is 5.88 Å². The number of methoxy groups -OCH3 is 2. The summed E-state index contributed by atoms with van der Waals surface area (Å²) in [5.41, 5.74) is 2.45. The van der Waals surface area contributed by atoms with Crippen molar-refractivity contribution < 1.29 is 9.47 Å². The molecule has 0 amide bonds. The van der Waals surface area contributed by atoms with Gasteiger partial charge in [-0.3, -0.25) is 0 Å². The Hall–Kier alpha value is -2.07. The van der Waals surface area contributed by atoms with Gasteiger partial charge in [0.25, 0.3) is 0 Å². The number of benzene rings is 1. The van der Waals surface area contributed by atoms with Gasteiger partial charge in [0.15, 0.2) is 0 Å². The van der Waals surface area contributed by atoms with Gasteiger partial charge < -0.3 is 14.8 Å². The van der Waals surface area contributed by atoms with Crippen molar-refractivity contribution in [2.45, 2.75) is 13.0 Å². The van der Waals surface area contributed by atoms with Crippen LogP contribution in [0.1, 0.15) is 11.1 Å². The Kier molecular flexibility index (Phi) is 5.38. The lowest BCUT2D eigenvalue weighted by Crippen LogP contribution is -2.16. The van der Waals surface area contributed by atoms with Crippen LogP contribution in [0.4, 0.5) is 0 Å². The number of aromatic nitrogens is 1. The maximum Gasteiger partial charge on any atom is 0.212 e. The molecule has 0 fully saturated rings. The molecular formula is C16H20N2O2. The van der Waals surface area contributed by atoms with Crippen LogP contribution in [0.3, 0.4) is 0 Å². The normalized spacial score (nSPS) is 10.3. The Labute approximate surface area is 119 Å². The lowest BCUT2D eigenvalue weighted by molar-refractivity contribution is 0.397. The molecular weight excluding hydrogens is 252 g/mol. The Morgan fingerprint density at radius 1 is 0.950 bits per heavy atom. The Balaban J connectivity index is 1.72. The van der Waals surface area contributed by atoms with Gasteiger partial charge in [0.05, 0.1) is 14.2 Å². The highest BCUT2D eigenvalue weighted by atomic mass is 16.5. The molecule has 0 aliphatic heterocycles. The molecule has 0 spiro atoms. The Bertz CT molecular complexity index is 460. The van der Waals surface area contributed by atoms with E-state index >= 15 is 0 Å². The van der Waals surface area contributed by atoms with Crippen molar-refractivity contribution in [1.82, 2.24) is 10.3 Å². The van der Waals surface area contributed by atoms with E-state index in [4.69, 9.17) is 9.47 Å². The van der Waals surface area contributed by atoms with Gasteiger partial charge >= 0.3 is 0 Å². The third-order valence-corrected chi connectivity index (χ3v) is 3.09. The molecule has 0 bridgehead atoms. The van der Waals surface area contributed by atoms with E-state index in [1.54, 1.807) is 14.2 Å². The zero-order valence-corrected chi connectivity index (χ0v) is 11.9. The molecule has 0 saturated heterocycles. The fourth-order valence-electron chi connectivity index (χ4n) is 1.89. The van der Waals surface area contributed by atoms with Crippen LogP contribution in [0.5, 0.6) is 11.6 Å². The Morgan fingerprint density at radius 2 is 1.70 bits per heavy atom. The van der Waals surface area contributed by atoms with Crippen molar-refractivity contribution in [3.05, 3.63) is 53.7 Å². The van der Waals surface area contributed by atoms with Crippen LogP contribution in [-0.2, 0) is 13.0 Å². The largest absolute Gasteiger partial charge is 0.497 e. The summed E-state index contributed by atoms with van der Waals surface area (Å²) < 4.78 is 10.2. The van der Waals surface area contributed by atoms with E-state index in [0.717, 1.165) is 30.8 Å². The molecule has 1 heterocycles. The molecule has 0 atom stereocenters. The summed E-state index contributed by atoms with van der Waals surface area (Å²) in [4.78, 5) is 4.18. The molecule has 0 radical (unpaired) electrons. The van der Waals surface area contributed by atoms with Gasteiger partial charge in [-0.15, -0.1) is 0 Å². The second-order valence-corrected chi connectivity index (χ2v) is 4.48. The third-order valence-electron chi connectivity index (χ3n) is 3.09. The number of pyridine rings is 1. The first-order valence-corrected chi connectivity index (χ1v) is 6.64. The van der Waals surface area contributed by atoms with E-state index in [-0.39, 0.29) is 0 Å². The predicted molar refractivity (Wildman–Crippen MR) is 79.2 cm³/mol. The van der Waals surface area contributed by atoms with Gasteiger partial charge in [-0.25, -0.2) is 4.98 Å². The standard InChI is InChI=1S/C16H20N2O2/c1-19-15-6-3-13(4-7-15)9-10-17-11-14-5-8-16(20-2)18-12-14/h3-8,12,17H,9-11H2,1-2H3. The maximum atomic E-state index is 5.14. The van der Waals surface area contributed by atoms with Gasteiger partial charge in [0.1, 0.15) is 5.75 Å². The molecule has 1 aromatic heterocycles. The van der Waals surface area contributed by atoms with Crippen molar-refractivity contribution in [3.8, 4) is 11.6 Å². The van der Waals surface area contributed by atoms with Gasteiger partial charge in [0.2, 0.25) is 5.88 Å². The van der Waals surface area contributed by atoms with E-state index in [9.17, 15) is 0 Å². The predicted octanol–water partition coefficient (Wildman–Crippen LogP) is 2.43. The zero-order chi connectivity index (χ0) is 14.2. The maximum absolute atomic E-state index is 5.14. The minimum Gasteiger partial charge on any atom is -0.497 e. The molecule has 106 valence electrons. The van der Waals surface area contributed by atoms with Crippen LogP contribution in [-0.4, -0.2) is 25.7 Å². The highest BCUT2D eigenvalue weighted by molar-refractivity contribution is 5.27. The highest BCUT2D eigenvalue weighted by Gasteiger charge is 1.97. The van der Waals surface area contributed by atoms with E-state index in [1.165, 1.54) is 5.56 Å². The molecule has 1 N–H and O–H groups in total. The van der Waals surface area contributed by atoms with Gasteiger partial charge in [-0.1, -0.05) is 18.2 Å². The summed E-state index contributed by atoms with van der Waals surface area (Å²) in [6.45, 7) is 1.74. The van der Waals surface area contributed by atoms with Crippen molar-refractivity contribution in [3.63, 3.8) is 0 Å². The first-order chi connectivity index (χ1) is 9.81. The lowest BCUT2D eigenvalue weighted by Gasteiger charge is -2.06. The molecule has 0 aliphatic carbocycles. The molecule has 0 unspecified atom stereocenters. The monoisotopic (exact) mass is 272 g/mol. The minimum atomic E-state index is 0.645. The molecule has 4 heteroatoms. The van der Waals surface area contributed by atoms with Crippen LogP contribution in [0, 0.1) is 0 Å². The van der Waals surface area contributed by atoms with Gasteiger partial charge in [0, 0.05) is 18.8 Å². The first kappa shape index (κ1) is 14.3. The second kappa shape index (κ2) is 7.50. The summed E-state index contributed by atoms with van der Waals surface area (Å²) >= 11 is 0. The summed E-state index contributed by atoms with van der Waals surface area (Å²) in [5, 5.41) is 3.40. The summed E-state index contributed by atoms with van der Waals surface area (Å²) in [7, 11) is 3.30. The van der Waals surface area contributed by atoms with Crippen molar-refractivity contribution >= 4 is 0 Å². The number of nitrogens with zero attached hydrogens (tertiary/aromatic N) is 1. The van der Waals surface area contributed by atoms with E-state index in [2.05, 4.69) is 22.4 Å². The quantitative estimate of drug-likeness (QED) is 0.786. The van der Waals surface area contributed by atoms with Gasteiger partial charge in [-0.2, -0.15) is 0 Å². The molecule has 4 nitrogen and oxygen atoms in total. The summed E-state index contributed by atoms with van der Waals surface area (Å²) in [6, 6.07) is 12.1. The van der Waals surface area contributed by atoms with Crippen molar-refractivity contribution in [1.29, 1.82) is 0 Å². The molecule has 20 heavy (non-hydrogen) atoms. The fraction of sp³-hybridized carbons (Fsp3) is 0.312. The SMILES string of the molecule is COc1ccc(CCNCc2ccc(OC)nc2)cc1. The summed E-state index contributed by atoms with van der Waals surface area (Å²) in [5.74, 6) is 1.54. The van der Waals surface area contributed by atoms with Crippen molar-refractivity contribution in [2.24, 2.45) is 0 Å². The van der Waals surface area contributed by atoms with Crippen LogP contribution in [0.25, 0.3) is 0 Å². The number of hydrogen-bond acceptors (Lipinski definition) is 4. The van der Waals surface area contributed by atoms with Gasteiger partial charge in [-0.05, 0) is 36.2 Å². The van der Waals surface area contributed by atoms with E-state index < -0.39 is 0 Å². The fourth-order valence-corrected chi connectivity index (χ4v) is 1.89. The molecule has 0 saturated carbocycles. The number of ether oxygens (including phenoxy) is 2. The van der Waals surface area contributed by atoms with Crippen LogP contribution < -0.4 is 14.8 Å². The number of nitrogens with one attached hydrogen (secondary N) is 1. The van der Waals surface area contributed by atoms with Crippen LogP contribution in [0.2, 0.25) is 0 Å². The first-order valence-electron chi connectivity index (χ1n) is 6.64. The third kappa shape index (κ3) is 4.24. The summed E-state index contributed by atoms with van der Waals surface area (Å²) in [6.07, 6.45) is 2.83. The smallest absolute Gasteiger partial charge is 0.212 e. The topological polar surface area (TPSA) is 43.4 Å². The number of rotatable bonds is 7. The average Bonchev–Trinajstić information content (AvgIpc) is 2.53. The Morgan fingerprint density at radius 3 is 2.30 bits per heavy atom. The zero-order valence-electron chi connectivity index (χ0n) is 11.9. The second-order valence-electron chi connectivity index (χ2n) is 4.48. The van der Waals surface area contributed by atoms with Crippen LogP contribution in [0.15, 0.2) is 42.6 Å². The number of hydrogen-bond donors (Lipinski definition) is 1. The minimum absolute atomic E-state index is 0.645. The molecule has 2 rings (SSSR count). The molecule has 0 aliphatic rings. The molecule has 1 aromatic carbocycles. The highest BCUT2D eigenvalue weighted by Crippen LogP contribution is 2.11. The van der Waals surface area contributed by atoms with Crippen LogP contribution >= 0.6 is 0 Å². The molecule has 2 aromatic rings.